The lowest BCUT2D eigenvalue weighted by Crippen LogP contribution is -2.24. The molecule has 0 aliphatic heterocycles. The maximum Gasteiger partial charge on any atom is 0.358 e. The van der Waals surface area contributed by atoms with Gasteiger partial charge in [0.05, 0.1) is 5.01 Å². The highest BCUT2D eigenvalue weighted by atomic mass is 32.1. The van der Waals surface area contributed by atoms with Crippen molar-refractivity contribution in [3.05, 3.63) is 16.1 Å². The molecule has 5 heteroatoms. The first-order chi connectivity index (χ1) is 6.92. The lowest BCUT2D eigenvalue weighted by atomic mass is 10.2. The number of hydrogen-bond acceptors (Lipinski definition) is 5. The van der Waals surface area contributed by atoms with Crippen LogP contribution in [0.25, 0.3) is 0 Å². The molecule has 1 aromatic heterocycles. The van der Waals surface area contributed by atoms with Crippen LogP contribution in [0.5, 0.6) is 0 Å². The summed E-state index contributed by atoms with van der Waals surface area (Å²) in [6.45, 7) is 6.04. The van der Waals surface area contributed by atoms with E-state index < -0.39 is 5.60 Å². The number of carbonyl (C=O) groups excluding carboxylic acids is 1. The Morgan fingerprint density at radius 1 is 1.60 bits per heavy atom. The van der Waals surface area contributed by atoms with Gasteiger partial charge in [-0.3, -0.25) is 0 Å². The standard InChI is InChI=1S/C10H16N2O2S/c1-10(2,3)14-9(13)7-6-15-8(12-7)4-5-11/h6H,4-5,11H2,1-3H3. The fraction of sp³-hybridized carbons (Fsp3) is 0.600. The van der Waals surface area contributed by atoms with Crippen LogP contribution < -0.4 is 5.73 Å². The van der Waals surface area contributed by atoms with Crippen molar-refractivity contribution in [3.63, 3.8) is 0 Å². The number of hydrogen-bond donors (Lipinski definition) is 1. The van der Waals surface area contributed by atoms with Crippen molar-refractivity contribution in [2.75, 3.05) is 6.54 Å². The average molecular weight is 228 g/mol. The molecule has 0 aliphatic carbocycles. The summed E-state index contributed by atoms with van der Waals surface area (Å²) < 4.78 is 5.19. The van der Waals surface area contributed by atoms with Crippen LogP contribution in [0, 0.1) is 0 Å². The summed E-state index contributed by atoms with van der Waals surface area (Å²) in [5.74, 6) is -0.373. The quantitative estimate of drug-likeness (QED) is 0.798. The largest absolute Gasteiger partial charge is 0.455 e. The molecule has 0 radical (unpaired) electrons. The van der Waals surface area contributed by atoms with Gasteiger partial charge in [-0.1, -0.05) is 0 Å². The zero-order chi connectivity index (χ0) is 11.5. The number of carbonyl (C=O) groups is 1. The molecule has 0 saturated heterocycles. The van der Waals surface area contributed by atoms with E-state index in [1.54, 1.807) is 5.38 Å². The molecular weight excluding hydrogens is 212 g/mol. The lowest BCUT2D eigenvalue weighted by Gasteiger charge is -2.18. The van der Waals surface area contributed by atoms with Gasteiger partial charge in [-0.15, -0.1) is 11.3 Å². The van der Waals surface area contributed by atoms with Crippen molar-refractivity contribution < 1.29 is 9.53 Å². The normalized spacial score (nSPS) is 11.5. The molecule has 0 aliphatic rings. The van der Waals surface area contributed by atoms with Gasteiger partial charge in [-0.25, -0.2) is 9.78 Å². The number of aromatic nitrogens is 1. The van der Waals surface area contributed by atoms with E-state index in [9.17, 15) is 4.79 Å². The molecular formula is C10H16N2O2S. The third-order valence-electron chi connectivity index (χ3n) is 1.52. The maximum atomic E-state index is 11.6. The molecule has 4 nitrogen and oxygen atoms in total. The van der Waals surface area contributed by atoms with E-state index in [0.717, 1.165) is 5.01 Å². The van der Waals surface area contributed by atoms with Crippen molar-refractivity contribution in [1.82, 2.24) is 4.98 Å². The third-order valence-corrected chi connectivity index (χ3v) is 2.43. The van der Waals surface area contributed by atoms with Crippen LogP contribution in [0.2, 0.25) is 0 Å². The van der Waals surface area contributed by atoms with Gasteiger partial charge in [-0.2, -0.15) is 0 Å². The topological polar surface area (TPSA) is 65.2 Å². The molecule has 0 amide bonds. The van der Waals surface area contributed by atoms with Gasteiger partial charge in [-0.05, 0) is 27.3 Å². The molecule has 1 rings (SSSR count). The van der Waals surface area contributed by atoms with E-state index >= 15 is 0 Å². The van der Waals surface area contributed by atoms with Crippen LogP contribution in [-0.4, -0.2) is 23.1 Å². The van der Waals surface area contributed by atoms with Crippen LogP contribution in [0.4, 0.5) is 0 Å². The highest BCUT2D eigenvalue weighted by molar-refractivity contribution is 7.09. The molecule has 0 atom stereocenters. The first kappa shape index (κ1) is 12.1. The summed E-state index contributed by atoms with van der Waals surface area (Å²) in [6, 6.07) is 0. The average Bonchev–Trinajstić information content (AvgIpc) is 2.50. The third kappa shape index (κ3) is 3.97. The number of nitrogens with two attached hydrogens (primary N) is 1. The second-order valence-corrected chi connectivity index (χ2v) is 5.11. The van der Waals surface area contributed by atoms with Gasteiger partial charge in [0.25, 0.3) is 0 Å². The van der Waals surface area contributed by atoms with E-state index in [1.165, 1.54) is 11.3 Å². The Hall–Kier alpha value is -0.940. The molecule has 84 valence electrons. The minimum absolute atomic E-state index is 0.373. The van der Waals surface area contributed by atoms with Crippen molar-refractivity contribution in [2.45, 2.75) is 32.8 Å². The van der Waals surface area contributed by atoms with Gasteiger partial charge in [0, 0.05) is 11.8 Å². The minimum atomic E-state index is -0.477. The first-order valence-corrected chi connectivity index (χ1v) is 5.68. The van der Waals surface area contributed by atoms with Crippen molar-refractivity contribution in [3.8, 4) is 0 Å². The molecule has 2 N–H and O–H groups in total. The van der Waals surface area contributed by atoms with Crippen molar-refractivity contribution in [1.29, 1.82) is 0 Å². The number of thiazole rings is 1. The highest BCUT2D eigenvalue weighted by Crippen LogP contribution is 2.15. The SMILES string of the molecule is CC(C)(C)OC(=O)c1csc(CCN)n1. The molecule has 0 fully saturated rings. The van der Waals surface area contributed by atoms with Crippen LogP contribution in [0.3, 0.4) is 0 Å². The summed E-state index contributed by atoms with van der Waals surface area (Å²) in [7, 11) is 0. The predicted octanol–water partition coefficient (Wildman–Crippen LogP) is 1.60. The van der Waals surface area contributed by atoms with Gasteiger partial charge < -0.3 is 10.5 Å². The monoisotopic (exact) mass is 228 g/mol. The summed E-state index contributed by atoms with van der Waals surface area (Å²) in [5, 5.41) is 2.58. The van der Waals surface area contributed by atoms with Gasteiger partial charge >= 0.3 is 5.97 Å². The second kappa shape index (κ2) is 4.72. The molecule has 15 heavy (non-hydrogen) atoms. The van der Waals surface area contributed by atoms with Crippen LogP contribution in [0.15, 0.2) is 5.38 Å². The number of nitrogens with zero attached hydrogens (tertiary/aromatic N) is 1. The van der Waals surface area contributed by atoms with E-state index in [-0.39, 0.29) is 5.97 Å². The Balaban J connectivity index is 2.66. The molecule has 0 saturated carbocycles. The fourth-order valence-electron chi connectivity index (χ4n) is 0.973. The number of ether oxygens (including phenoxy) is 1. The summed E-state index contributed by atoms with van der Waals surface area (Å²) >= 11 is 1.44. The van der Waals surface area contributed by atoms with Crippen molar-refractivity contribution in [2.24, 2.45) is 5.73 Å². The van der Waals surface area contributed by atoms with E-state index in [4.69, 9.17) is 10.5 Å². The fourth-order valence-corrected chi connectivity index (χ4v) is 1.76. The molecule has 0 unspecified atom stereocenters. The molecule has 0 aromatic carbocycles. The van der Waals surface area contributed by atoms with E-state index in [1.807, 2.05) is 20.8 Å². The minimum Gasteiger partial charge on any atom is -0.455 e. The smallest absolute Gasteiger partial charge is 0.358 e. The molecule has 0 bridgehead atoms. The van der Waals surface area contributed by atoms with Crippen LogP contribution in [0.1, 0.15) is 36.3 Å². The zero-order valence-electron chi connectivity index (χ0n) is 9.24. The van der Waals surface area contributed by atoms with Crippen LogP contribution in [-0.2, 0) is 11.2 Å². The zero-order valence-corrected chi connectivity index (χ0v) is 10.1. The Morgan fingerprint density at radius 2 is 2.27 bits per heavy atom. The van der Waals surface area contributed by atoms with Gasteiger partial charge in [0.15, 0.2) is 5.69 Å². The van der Waals surface area contributed by atoms with Gasteiger partial charge in [0.2, 0.25) is 0 Å². The lowest BCUT2D eigenvalue weighted by molar-refractivity contribution is 0.00635. The summed E-state index contributed by atoms with van der Waals surface area (Å²) in [4.78, 5) is 15.7. The first-order valence-electron chi connectivity index (χ1n) is 4.80. The van der Waals surface area contributed by atoms with Crippen molar-refractivity contribution >= 4 is 17.3 Å². The van der Waals surface area contributed by atoms with E-state index in [0.29, 0.717) is 18.7 Å². The van der Waals surface area contributed by atoms with E-state index in [2.05, 4.69) is 4.98 Å². The summed E-state index contributed by atoms with van der Waals surface area (Å²) in [5.41, 5.74) is 5.29. The molecule has 0 spiro atoms. The van der Waals surface area contributed by atoms with Crippen LogP contribution >= 0.6 is 11.3 Å². The summed E-state index contributed by atoms with van der Waals surface area (Å²) in [6.07, 6.45) is 0.702. The Morgan fingerprint density at radius 3 is 2.80 bits per heavy atom. The second-order valence-electron chi connectivity index (χ2n) is 4.17. The predicted molar refractivity (Wildman–Crippen MR) is 60.0 cm³/mol. The maximum absolute atomic E-state index is 11.6. The Bertz CT molecular complexity index is 341. The number of rotatable bonds is 3. The molecule has 1 heterocycles. The van der Waals surface area contributed by atoms with Gasteiger partial charge in [0.1, 0.15) is 5.60 Å². The molecule has 1 aromatic rings. The number of esters is 1. The highest BCUT2D eigenvalue weighted by Gasteiger charge is 2.19. The Kier molecular flexibility index (Phi) is 3.82. The Labute approximate surface area is 93.5 Å².